The number of anilines is 1. The van der Waals surface area contributed by atoms with Crippen LogP contribution in [0.2, 0.25) is 0 Å². The number of aliphatic hydroxyl groups is 1. The average Bonchev–Trinajstić information content (AvgIpc) is 2.72. The lowest BCUT2D eigenvalue weighted by Crippen LogP contribution is -2.05. The van der Waals surface area contributed by atoms with Gasteiger partial charge in [0.25, 0.3) is 0 Å². The van der Waals surface area contributed by atoms with Gasteiger partial charge in [0.15, 0.2) is 0 Å². The fraction of sp³-hybridized carbons (Fsp3) is 0.238. The van der Waals surface area contributed by atoms with E-state index in [1.54, 1.807) is 7.11 Å². The van der Waals surface area contributed by atoms with Crippen molar-refractivity contribution in [2.24, 2.45) is 0 Å². The molecule has 0 bridgehead atoms. The highest BCUT2D eigenvalue weighted by Gasteiger charge is 2.02. The molecule has 0 saturated heterocycles. The van der Waals surface area contributed by atoms with Gasteiger partial charge in [0.2, 0.25) is 0 Å². The van der Waals surface area contributed by atoms with Gasteiger partial charge in [-0.25, -0.2) is 0 Å². The number of nitrogens with zero attached hydrogens (tertiary/aromatic N) is 2. The topological polar surface area (TPSA) is 67.3 Å². The molecular formula is C21H23N3O2. The molecule has 0 amide bonds. The van der Waals surface area contributed by atoms with Crippen LogP contribution in [-0.2, 0) is 13.0 Å². The summed E-state index contributed by atoms with van der Waals surface area (Å²) < 4.78 is 5.17. The molecule has 5 heteroatoms. The summed E-state index contributed by atoms with van der Waals surface area (Å²) in [5.41, 5.74) is 4.06. The molecule has 0 radical (unpaired) electrons. The molecule has 0 aliphatic heterocycles. The van der Waals surface area contributed by atoms with Crippen LogP contribution in [0.3, 0.4) is 0 Å². The molecule has 26 heavy (non-hydrogen) atoms. The number of methoxy groups -OCH3 is 1. The summed E-state index contributed by atoms with van der Waals surface area (Å²) >= 11 is 0. The van der Waals surface area contributed by atoms with Crippen molar-refractivity contribution in [2.45, 2.75) is 19.4 Å². The predicted molar refractivity (Wildman–Crippen MR) is 103 cm³/mol. The molecule has 0 saturated carbocycles. The first-order valence-corrected chi connectivity index (χ1v) is 8.69. The van der Waals surface area contributed by atoms with Crippen LogP contribution in [0.15, 0.2) is 60.7 Å². The number of rotatable bonds is 8. The summed E-state index contributed by atoms with van der Waals surface area (Å²) in [6, 6.07) is 19.7. The van der Waals surface area contributed by atoms with Crippen LogP contribution in [0.5, 0.6) is 5.75 Å². The fourth-order valence-electron chi connectivity index (χ4n) is 2.66. The molecule has 0 atom stereocenters. The number of nitrogens with one attached hydrogen (secondary N) is 1. The molecule has 5 nitrogen and oxygen atoms in total. The molecule has 1 aromatic heterocycles. The van der Waals surface area contributed by atoms with E-state index in [1.165, 1.54) is 5.56 Å². The normalized spacial score (nSPS) is 10.5. The van der Waals surface area contributed by atoms with Crippen LogP contribution in [0.1, 0.15) is 17.5 Å². The smallest absolute Gasteiger partial charge is 0.148 e. The van der Waals surface area contributed by atoms with Gasteiger partial charge in [-0.2, -0.15) is 0 Å². The Balaban J connectivity index is 1.47. The van der Waals surface area contributed by atoms with E-state index in [0.717, 1.165) is 47.8 Å². The van der Waals surface area contributed by atoms with Crippen molar-refractivity contribution in [3.63, 3.8) is 0 Å². The molecule has 0 fully saturated rings. The number of aromatic nitrogens is 2. The second kappa shape index (κ2) is 8.97. The standard InChI is InChI=1S/C21H23N3O2/c1-26-19-10-8-18(9-11-19)20-12-13-21(24-23-20)22-14-2-3-16-4-6-17(15-25)7-5-16/h4-13,25H,2-3,14-15H2,1H3,(H,22,24). The second-order valence-electron chi connectivity index (χ2n) is 6.04. The van der Waals surface area contributed by atoms with Crippen molar-refractivity contribution < 1.29 is 9.84 Å². The first kappa shape index (κ1) is 17.9. The predicted octanol–water partition coefficient (Wildman–Crippen LogP) is 3.69. The van der Waals surface area contributed by atoms with Crippen molar-refractivity contribution in [1.29, 1.82) is 0 Å². The Morgan fingerprint density at radius 1 is 0.885 bits per heavy atom. The second-order valence-corrected chi connectivity index (χ2v) is 6.04. The molecule has 3 rings (SSSR count). The molecular weight excluding hydrogens is 326 g/mol. The van der Waals surface area contributed by atoms with Gasteiger partial charge in [-0.15, -0.1) is 10.2 Å². The van der Waals surface area contributed by atoms with E-state index < -0.39 is 0 Å². The molecule has 1 heterocycles. The first-order chi connectivity index (χ1) is 12.8. The molecule has 2 N–H and O–H groups in total. The summed E-state index contributed by atoms with van der Waals surface area (Å²) in [7, 11) is 1.65. The van der Waals surface area contributed by atoms with E-state index in [-0.39, 0.29) is 6.61 Å². The highest BCUT2D eigenvalue weighted by atomic mass is 16.5. The summed E-state index contributed by atoms with van der Waals surface area (Å²) in [6.45, 7) is 0.922. The Labute approximate surface area is 153 Å². The number of aliphatic hydroxyl groups excluding tert-OH is 1. The maximum absolute atomic E-state index is 9.06. The lowest BCUT2D eigenvalue weighted by molar-refractivity contribution is 0.282. The Hall–Kier alpha value is -2.92. The SMILES string of the molecule is COc1ccc(-c2ccc(NCCCc3ccc(CO)cc3)nn2)cc1. The van der Waals surface area contributed by atoms with Crippen molar-refractivity contribution in [3.8, 4) is 17.0 Å². The van der Waals surface area contributed by atoms with Crippen LogP contribution in [0.4, 0.5) is 5.82 Å². The monoisotopic (exact) mass is 349 g/mol. The van der Waals surface area contributed by atoms with E-state index in [1.807, 2.05) is 48.5 Å². The minimum atomic E-state index is 0.0903. The molecule has 0 aliphatic carbocycles. The molecule has 0 unspecified atom stereocenters. The van der Waals surface area contributed by atoms with E-state index in [2.05, 4.69) is 27.6 Å². The van der Waals surface area contributed by atoms with Crippen molar-refractivity contribution >= 4 is 5.82 Å². The molecule has 3 aromatic rings. The molecule has 134 valence electrons. The van der Waals surface area contributed by atoms with Gasteiger partial charge in [0, 0.05) is 12.1 Å². The molecule has 2 aromatic carbocycles. The summed E-state index contributed by atoms with van der Waals surface area (Å²) in [6.07, 6.45) is 1.98. The van der Waals surface area contributed by atoms with Crippen LogP contribution in [0, 0.1) is 0 Å². The third-order valence-electron chi connectivity index (χ3n) is 4.20. The zero-order valence-corrected chi connectivity index (χ0v) is 14.9. The number of ether oxygens (including phenoxy) is 1. The maximum Gasteiger partial charge on any atom is 0.148 e. The van der Waals surface area contributed by atoms with Crippen molar-refractivity contribution in [2.75, 3.05) is 19.0 Å². The Kier molecular flexibility index (Phi) is 6.17. The molecule has 0 aliphatic rings. The maximum atomic E-state index is 9.06. The van der Waals surface area contributed by atoms with Crippen molar-refractivity contribution in [3.05, 3.63) is 71.8 Å². The fourth-order valence-corrected chi connectivity index (χ4v) is 2.66. The van der Waals surface area contributed by atoms with Gasteiger partial charge in [-0.1, -0.05) is 24.3 Å². The van der Waals surface area contributed by atoms with Gasteiger partial charge in [0.05, 0.1) is 19.4 Å². The number of benzene rings is 2. The Morgan fingerprint density at radius 3 is 2.23 bits per heavy atom. The quantitative estimate of drug-likeness (QED) is 0.607. The lowest BCUT2D eigenvalue weighted by Gasteiger charge is -2.07. The summed E-state index contributed by atoms with van der Waals surface area (Å²) in [5, 5.41) is 20.9. The largest absolute Gasteiger partial charge is 0.497 e. The number of hydrogen-bond donors (Lipinski definition) is 2. The van der Waals surface area contributed by atoms with Crippen LogP contribution >= 0.6 is 0 Å². The van der Waals surface area contributed by atoms with Gasteiger partial charge >= 0.3 is 0 Å². The van der Waals surface area contributed by atoms with E-state index in [9.17, 15) is 0 Å². The van der Waals surface area contributed by atoms with Gasteiger partial charge in [-0.3, -0.25) is 0 Å². The van der Waals surface area contributed by atoms with Gasteiger partial charge in [-0.05, 0) is 60.4 Å². The third-order valence-corrected chi connectivity index (χ3v) is 4.20. The van der Waals surface area contributed by atoms with Crippen LogP contribution in [0.25, 0.3) is 11.3 Å². The number of hydrogen-bond acceptors (Lipinski definition) is 5. The Bertz CT molecular complexity index is 800. The zero-order chi connectivity index (χ0) is 18.2. The highest BCUT2D eigenvalue weighted by Crippen LogP contribution is 2.20. The zero-order valence-electron chi connectivity index (χ0n) is 14.9. The first-order valence-electron chi connectivity index (χ1n) is 8.69. The minimum Gasteiger partial charge on any atom is -0.497 e. The van der Waals surface area contributed by atoms with Crippen molar-refractivity contribution in [1.82, 2.24) is 10.2 Å². The van der Waals surface area contributed by atoms with Gasteiger partial charge < -0.3 is 15.2 Å². The van der Waals surface area contributed by atoms with E-state index in [0.29, 0.717) is 0 Å². The van der Waals surface area contributed by atoms with Crippen LogP contribution < -0.4 is 10.1 Å². The summed E-state index contributed by atoms with van der Waals surface area (Å²) in [5.74, 6) is 1.60. The lowest BCUT2D eigenvalue weighted by atomic mass is 10.1. The average molecular weight is 349 g/mol. The number of aryl methyl sites for hydroxylation is 1. The third kappa shape index (κ3) is 4.80. The van der Waals surface area contributed by atoms with Crippen LogP contribution in [-0.4, -0.2) is 29.0 Å². The Morgan fingerprint density at radius 2 is 1.62 bits per heavy atom. The van der Waals surface area contributed by atoms with E-state index in [4.69, 9.17) is 9.84 Å². The van der Waals surface area contributed by atoms with Gasteiger partial charge in [0.1, 0.15) is 11.6 Å². The summed E-state index contributed by atoms with van der Waals surface area (Å²) in [4.78, 5) is 0. The minimum absolute atomic E-state index is 0.0903. The molecule has 0 spiro atoms. The van der Waals surface area contributed by atoms with E-state index >= 15 is 0 Å². The highest BCUT2D eigenvalue weighted by molar-refractivity contribution is 5.60.